The van der Waals surface area contributed by atoms with Gasteiger partial charge >= 0.3 is 0 Å². The van der Waals surface area contributed by atoms with Crippen LogP contribution in [0, 0.1) is 0 Å². The molecular formula is C10H13BrClN3O2. The van der Waals surface area contributed by atoms with E-state index >= 15 is 0 Å². The van der Waals surface area contributed by atoms with Gasteiger partial charge in [0.25, 0.3) is 0 Å². The van der Waals surface area contributed by atoms with Crippen LogP contribution in [-0.2, 0) is 9.53 Å². The van der Waals surface area contributed by atoms with E-state index in [1.165, 1.54) is 0 Å². The fourth-order valence-electron chi connectivity index (χ4n) is 1.08. The Morgan fingerprint density at radius 2 is 2.41 bits per heavy atom. The van der Waals surface area contributed by atoms with Crippen molar-refractivity contribution in [1.82, 2.24) is 10.3 Å². The van der Waals surface area contributed by atoms with E-state index in [9.17, 15) is 4.79 Å². The van der Waals surface area contributed by atoms with Gasteiger partial charge in [0.05, 0.1) is 18.8 Å². The summed E-state index contributed by atoms with van der Waals surface area (Å²) in [5, 5.41) is 5.85. The number of anilines is 1. The zero-order valence-electron chi connectivity index (χ0n) is 9.30. The van der Waals surface area contributed by atoms with Crippen molar-refractivity contribution in [3.8, 4) is 0 Å². The third-order valence-corrected chi connectivity index (χ3v) is 2.58. The molecule has 0 saturated heterocycles. The summed E-state index contributed by atoms with van der Waals surface area (Å²) in [6, 6.07) is 1.70. The van der Waals surface area contributed by atoms with E-state index in [-0.39, 0.29) is 17.6 Å². The molecule has 0 atom stereocenters. The second-order valence-corrected chi connectivity index (χ2v) is 4.48. The number of aromatic nitrogens is 1. The molecule has 5 nitrogen and oxygen atoms in total. The molecule has 7 heteroatoms. The van der Waals surface area contributed by atoms with Crippen molar-refractivity contribution in [3.05, 3.63) is 21.9 Å². The van der Waals surface area contributed by atoms with Gasteiger partial charge in [-0.2, -0.15) is 0 Å². The van der Waals surface area contributed by atoms with Gasteiger partial charge in [0.2, 0.25) is 5.91 Å². The number of nitrogens with zero attached hydrogens (tertiary/aromatic N) is 1. The maximum Gasteiger partial charge on any atom is 0.238 e. The molecule has 0 saturated carbocycles. The third kappa shape index (κ3) is 5.45. The number of ether oxygens (including phenoxy) is 1. The lowest BCUT2D eigenvalue weighted by atomic mass is 10.4. The number of hydrogen-bond donors (Lipinski definition) is 2. The summed E-state index contributed by atoms with van der Waals surface area (Å²) in [7, 11) is 1.61. The zero-order chi connectivity index (χ0) is 12.7. The summed E-state index contributed by atoms with van der Waals surface area (Å²) < 4.78 is 5.60. The molecule has 94 valence electrons. The zero-order valence-corrected chi connectivity index (χ0v) is 11.6. The second kappa shape index (κ2) is 7.60. The van der Waals surface area contributed by atoms with Gasteiger partial charge in [0, 0.05) is 24.3 Å². The number of carbonyl (C=O) groups excluding carboxylic acids is 1. The van der Waals surface area contributed by atoms with Gasteiger partial charge in [-0.05, 0) is 22.0 Å². The molecule has 0 aliphatic heterocycles. The molecule has 0 aromatic carbocycles. The Morgan fingerprint density at radius 1 is 1.65 bits per heavy atom. The summed E-state index contributed by atoms with van der Waals surface area (Å²) in [5.41, 5.74) is 0.486. The highest BCUT2D eigenvalue weighted by molar-refractivity contribution is 9.10. The van der Waals surface area contributed by atoms with E-state index in [1.54, 1.807) is 19.4 Å². The number of carbonyl (C=O) groups is 1. The van der Waals surface area contributed by atoms with Crippen molar-refractivity contribution in [2.45, 2.75) is 0 Å². The van der Waals surface area contributed by atoms with Crippen LogP contribution in [0.2, 0.25) is 5.15 Å². The standard InChI is InChI=1S/C10H13BrClN3O2/c1-17-3-2-13-6-9(16)15-8-4-7(11)5-14-10(8)12/h4-5,13H,2-3,6H2,1H3,(H,15,16). The fraction of sp³-hybridized carbons (Fsp3) is 0.400. The van der Waals surface area contributed by atoms with E-state index in [0.717, 1.165) is 4.47 Å². The summed E-state index contributed by atoms with van der Waals surface area (Å²) >= 11 is 9.09. The summed E-state index contributed by atoms with van der Waals surface area (Å²) in [6.07, 6.45) is 1.56. The van der Waals surface area contributed by atoms with Crippen LogP contribution in [0.1, 0.15) is 0 Å². The lowest BCUT2D eigenvalue weighted by Crippen LogP contribution is -2.30. The Bertz CT molecular complexity index is 390. The van der Waals surface area contributed by atoms with Gasteiger partial charge < -0.3 is 15.4 Å². The number of hydrogen-bond acceptors (Lipinski definition) is 4. The van der Waals surface area contributed by atoms with Crippen molar-refractivity contribution in [2.75, 3.05) is 32.1 Å². The van der Waals surface area contributed by atoms with E-state index in [1.807, 2.05) is 0 Å². The number of rotatable bonds is 6. The Balaban J connectivity index is 2.42. The summed E-state index contributed by atoms with van der Waals surface area (Å²) in [6.45, 7) is 1.38. The third-order valence-electron chi connectivity index (χ3n) is 1.85. The van der Waals surface area contributed by atoms with Crippen LogP contribution >= 0.6 is 27.5 Å². The quantitative estimate of drug-likeness (QED) is 0.618. The van der Waals surface area contributed by atoms with Crippen LogP contribution < -0.4 is 10.6 Å². The molecule has 0 unspecified atom stereocenters. The minimum atomic E-state index is -0.178. The van der Waals surface area contributed by atoms with Gasteiger partial charge in [-0.1, -0.05) is 11.6 Å². The fourth-order valence-corrected chi connectivity index (χ4v) is 1.56. The molecule has 1 amide bonds. The molecular weight excluding hydrogens is 309 g/mol. The van der Waals surface area contributed by atoms with Gasteiger partial charge in [0.15, 0.2) is 5.15 Å². The topological polar surface area (TPSA) is 63.2 Å². The Morgan fingerprint density at radius 3 is 3.12 bits per heavy atom. The lowest BCUT2D eigenvalue weighted by Gasteiger charge is -2.07. The van der Waals surface area contributed by atoms with E-state index < -0.39 is 0 Å². The average molecular weight is 323 g/mol. The van der Waals surface area contributed by atoms with Crippen molar-refractivity contribution >= 4 is 39.1 Å². The van der Waals surface area contributed by atoms with Crippen LogP contribution in [0.4, 0.5) is 5.69 Å². The largest absolute Gasteiger partial charge is 0.383 e. The Hall–Kier alpha value is -0.690. The highest BCUT2D eigenvalue weighted by atomic mass is 79.9. The van der Waals surface area contributed by atoms with Crippen LogP contribution in [0.25, 0.3) is 0 Å². The predicted molar refractivity (Wildman–Crippen MR) is 70.3 cm³/mol. The highest BCUT2D eigenvalue weighted by Crippen LogP contribution is 2.22. The molecule has 2 N–H and O–H groups in total. The Kier molecular flexibility index (Phi) is 6.43. The minimum Gasteiger partial charge on any atom is -0.383 e. The lowest BCUT2D eigenvalue weighted by molar-refractivity contribution is -0.115. The number of pyridine rings is 1. The number of nitrogens with one attached hydrogen (secondary N) is 2. The van der Waals surface area contributed by atoms with Crippen molar-refractivity contribution in [1.29, 1.82) is 0 Å². The first-order chi connectivity index (χ1) is 8.13. The van der Waals surface area contributed by atoms with E-state index in [4.69, 9.17) is 16.3 Å². The van der Waals surface area contributed by atoms with Crippen molar-refractivity contribution < 1.29 is 9.53 Å². The summed E-state index contributed by atoms with van der Waals surface area (Å²) in [4.78, 5) is 15.4. The molecule has 1 aromatic rings. The molecule has 0 spiro atoms. The second-order valence-electron chi connectivity index (χ2n) is 3.21. The maximum atomic E-state index is 11.5. The SMILES string of the molecule is COCCNCC(=O)Nc1cc(Br)cnc1Cl. The van der Waals surface area contributed by atoms with E-state index in [2.05, 4.69) is 31.5 Å². The monoisotopic (exact) mass is 321 g/mol. The van der Waals surface area contributed by atoms with Gasteiger partial charge in [-0.3, -0.25) is 4.79 Å². The smallest absolute Gasteiger partial charge is 0.238 e. The maximum absolute atomic E-state index is 11.5. The van der Waals surface area contributed by atoms with Gasteiger partial charge in [-0.25, -0.2) is 4.98 Å². The first-order valence-corrected chi connectivity index (χ1v) is 6.11. The van der Waals surface area contributed by atoms with Gasteiger partial charge in [-0.15, -0.1) is 0 Å². The Labute approximate surface area is 113 Å². The normalized spacial score (nSPS) is 10.3. The highest BCUT2D eigenvalue weighted by Gasteiger charge is 2.06. The van der Waals surface area contributed by atoms with Crippen LogP contribution in [0.15, 0.2) is 16.7 Å². The van der Waals surface area contributed by atoms with Crippen LogP contribution in [0.5, 0.6) is 0 Å². The van der Waals surface area contributed by atoms with Crippen LogP contribution in [0.3, 0.4) is 0 Å². The number of halogens is 2. The molecule has 1 heterocycles. The molecule has 17 heavy (non-hydrogen) atoms. The summed E-state index contributed by atoms with van der Waals surface area (Å²) in [5.74, 6) is -0.178. The van der Waals surface area contributed by atoms with Crippen molar-refractivity contribution in [2.24, 2.45) is 0 Å². The molecule has 0 aliphatic carbocycles. The van der Waals surface area contributed by atoms with Crippen LogP contribution in [-0.4, -0.2) is 37.7 Å². The molecule has 1 aromatic heterocycles. The molecule has 0 bridgehead atoms. The average Bonchev–Trinajstić information content (AvgIpc) is 2.29. The van der Waals surface area contributed by atoms with E-state index in [0.29, 0.717) is 18.8 Å². The number of amides is 1. The minimum absolute atomic E-state index is 0.178. The predicted octanol–water partition coefficient (Wildman–Crippen LogP) is 1.67. The van der Waals surface area contributed by atoms with Crippen molar-refractivity contribution in [3.63, 3.8) is 0 Å². The first-order valence-electron chi connectivity index (χ1n) is 4.94. The molecule has 0 radical (unpaired) electrons. The molecule has 0 fully saturated rings. The molecule has 1 rings (SSSR count). The molecule has 0 aliphatic rings. The van der Waals surface area contributed by atoms with Gasteiger partial charge in [0.1, 0.15) is 0 Å². The number of methoxy groups -OCH3 is 1. The first kappa shape index (κ1) is 14.4.